The summed E-state index contributed by atoms with van der Waals surface area (Å²) in [6.45, 7) is 3.59. The normalized spacial score (nSPS) is 11.5. The molecular formula is C11H15IN2O4S. The van der Waals surface area contributed by atoms with Crippen molar-refractivity contribution in [2.75, 3.05) is 11.0 Å². The number of nitrogens with zero attached hydrogens (tertiary/aromatic N) is 1. The first kappa shape index (κ1) is 16.3. The molecule has 0 unspecified atom stereocenters. The summed E-state index contributed by atoms with van der Waals surface area (Å²) in [6.07, 6.45) is 0.715. The molecule has 0 saturated carbocycles. The van der Waals surface area contributed by atoms with Gasteiger partial charge in [0.2, 0.25) is 10.0 Å². The number of benzene rings is 1. The van der Waals surface area contributed by atoms with E-state index in [1.807, 2.05) is 0 Å². The predicted octanol–water partition coefficient (Wildman–Crippen LogP) is 2.32. The van der Waals surface area contributed by atoms with Crippen molar-refractivity contribution >= 4 is 38.3 Å². The Kier molecular flexibility index (Phi) is 5.68. The van der Waals surface area contributed by atoms with Crippen molar-refractivity contribution in [2.45, 2.75) is 25.2 Å². The van der Waals surface area contributed by atoms with Crippen molar-refractivity contribution in [3.05, 3.63) is 33.4 Å². The summed E-state index contributed by atoms with van der Waals surface area (Å²) >= 11 is 2.15. The topological polar surface area (TPSA) is 89.3 Å². The maximum Gasteiger partial charge on any atom is 0.273 e. The third-order valence-corrected chi connectivity index (χ3v) is 4.93. The molecule has 1 rings (SSSR count). The first-order valence-corrected chi connectivity index (χ1v) is 8.61. The number of nitro groups is 1. The number of aryl methyl sites for hydroxylation is 1. The standard InChI is InChI=1S/C11H15IN2O4S/c1-8-6-10(7-11(9(8)2)14(15)16)19(17,18)13-5-3-4-12/h6-7,13H,3-5H2,1-2H3. The zero-order valence-electron chi connectivity index (χ0n) is 10.6. The predicted molar refractivity (Wildman–Crippen MR) is 81.3 cm³/mol. The number of hydrogen-bond donors (Lipinski definition) is 1. The molecule has 0 atom stereocenters. The van der Waals surface area contributed by atoms with E-state index in [4.69, 9.17) is 0 Å². The summed E-state index contributed by atoms with van der Waals surface area (Å²) in [5.74, 6) is 0. The van der Waals surface area contributed by atoms with Crippen molar-refractivity contribution in [1.82, 2.24) is 4.72 Å². The summed E-state index contributed by atoms with van der Waals surface area (Å²) in [5.41, 5.74) is 0.897. The third kappa shape index (κ3) is 4.11. The second-order valence-electron chi connectivity index (χ2n) is 4.08. The van der Waals surface area contributed by atoms with Crippen molar-refractivity contribution in [1.29, 1.82) is 0 Å². The lowest BCUT2D eigenvalue weighted by Gasteiger charge is -2.08. The quantitative estimate of drug-likeness (QED) is 0.262. The Morgan fingerprint density at radius 3 is 2.53 bits per heavy atom. The summed E-state index contributed by atoms with van der Waals surface area (Å²) in [6, 6.07) is 2.56. The van der Waals surface area contributed by atoms with Gasteiger partial charge >= 0.3 is 0 Å². The maximum absolute atomic E-state index is 12.0. The monoisotopic (exact) mass is 398 g/mol. The largest absolute Gasteiger partial charge is 0.273 e. The van der Waals surface area contributed by atoms with Gasteiger partial charge in [0.1, 0.15) is 0 Å². The molecule has 0 spiro atoms. The number of alkyl halides is 1. The van der Waals surface area contributed by atoms with Crippen molar-refractivity contribution in [3.8, 4) is 0 Å². The highest BCUT2D eigenvalue weighted by Gasteiger charge is 2.21. The molecule has 1 aromatic rings. The summed E-state index contributed by atoms with van der Waals surface area (Å²) in [5, 5.41) is 10.9. The Bertz CT molecular complexity index is 587. The number of nitro benzene ring substituents is 1. The molecule has 0 aliphatic heterocycles. The summed E-state index contributed by atoms with van der Waals surface area (Å²) < 4.78 is 27.3. The minimum Gasteiger partial charge on any atom is -0.258 e. The van der Waals surface area contributed by atoms with Crippen LogP contribution >= 0.6 is 22.6 Å². The minimum absolute atomic E-state index is 0.0595. The molecule has 1 aromatic carbocycles. The Balaban J connectivity index is 3.17. The molecule has 0 aliphatic carbocycles. The number of sulfonamides is 1. The average molecular weight is 398 g/mol. The van der Waals surface area contributed by atoms with Crippen LogP contribution in [0.15, 0.2) is 17.0 Å². The van der Waals surface area contributed by atoms with Gasteiger partial charge in [-0.05, 0) is 31.9 Å². The Labute approximate surface area is 125 Å². The Morgan fingerprint density at radius 1 is 1.37 bits per heavy atom. The van der Waals surface area contributed by atoms with Crippen molar-refractivity contribution < 1.29 is 13.3 Å². The molecule has 6 nitrogen and oxygen atoms in total. The van der Waals surface area contributed by atoms with E-state index in [2.05, 4.69) is 27.3 Å². The maximum atomic E-state index is 12.0. The molecule has 8 heteroatoms. The minimum atomic E-state index is -3.69. The van der Waals surface area contributed by atoms with Crippen LogP contribution in [0.2, 0.25) is 0 Å². The van der Waals surface area contributed by atoms with Crippen LogP contribution in [0, 0.1) is 24.0 Å². The summed E-state index contributed by atoms with van der Waals surface area (Å²) in [4.78, 5) is 10.3. The van der Waals surface area contributed by atoms with E-state index < -0.39 is 14.9 Å². The van der Waals surface area contributed by atoms with Gasteiger partial charge in [-0.1, -0.05) is 22.6 Å². The van der Waals surface area contributed by atoms with Gasteiger partial charge in [0.25, 0.3) is 5.69 Å². The fraction of sp³-hybridized carbons (Fsp3) is 0.455. The molecule has 19 heavy (non-hydrogen) atoms. The zero-order valence-corrected chi connectivity index (χ0v) is 13.6. The molecule has 0 amide bonds. The highest BCUT2D eigenvalue weighted by molar-refractivity contribution is 14.1. The lowest BCUT2D eigenvalue weighted by atomic mass is 10.1. The van der Waals surface area contributed by atoms with Crippen LogP contribution in [0.1, 0.15) is 17.5 Å². The molecule has 0 aromatic heterocycles. The van der Waals surface area contributed by atoms with E-state index in [1.165, 1.54) is 6.07 Å². The smallest absolute Gasteiger partial charge is 0.258 e. The SMILES string of the molecule is Cc1cc(S(=O)(=O)NCCCI)cc([N+](=O)[O-])c1C. The highest BCUT2D eigenvalue weighted by Crippen LogP contribution is 2.25. The lowest BCUT2D eigenvalue weighted by Crippen LogP contribution is -2.25. The van der Waals surface area contributed by atoms with Gasteiger partial charge in [-0.15, -0.1) is 0 Å². The van der Waals surface area contributed by atoms with Gasteiger partial charge in [-0.25, -0.2) is 13.1 Å². The van der Waals surface area contributed by atoms with Crippen LogP contribution in [0.25, 0.3) is 0 Å². The second kappa shape index (κ2) is 6.62. The molecule has 1 N–H and O–H groups in total. The van der Waals surface area contributed by atoms with Crippen LogP contribution in [-0.2, 0) is 10.0 Å². The van der Waals surface area contributed by atoms with Crippen LogP contribution in [0.5, 0.6) is 0 Å². The average Bonchev–Trinajstić information content (AvgIpc) is 2.32. The number of hydrogen-bond acceptors (Lipinski definition) is 4. The first-order chi connectivity index (χ1) is 8.79. The van der Waals surface area contributed by atoms with E-state index in [1.54, 1.807) is 13.8 Å². The molecule has 0 aliphatic rings. The highest BCUT2D eigenvalue weighted by atomic mass is 127. The van der Waals surface area contributed by atoms with Gasteiger partial charge in [-0.3, -0.25) is 10.1 Å². The van der Waals surface area contributed by atoms with E-state index in [0.717, 1.165) is 10.5 Å². The van der Waals surface area contributed by atoms with Crippen molar-refractivity contribution in [2.24, 2.45) is 0 Å². The first-order valence-electron chi connectivity index (χ1n) is 5.61. The third-order valence-electron chi connectivity index (χ3n) is 2.72. The second-order valence-corrected chi connectivity index (χ2v) is 6.93. The molecule has 0 heterocycles. The number of rotatable bonds is 6. The Morgan fingerprint density at radius 2 is 2.00 bits per heavy atom. The van der Waals surface area contributed by atoms with E-state index >= 15 is 0 Å². The van der Waals surface area contributed by atoms with Crippen LogP contribution in [0.3, 0.4) is 0 Å². The number of nitrogens with one attached hydrogen (secondary N) is 1. The molecule has 106 valence electrons. The van der Waals surface area contributed by atoms with Gasteiger partial charge in [-0.2, -0.15) is 0 Å². The molecule has 0 saturated heterocycles. The van der Waals surface area contributed by atoms with E-state index in [9.17, 15) is 18.5 Å². The van der Waals surface area contributed by atoms with Gasteiger partial charge < -0.3 is 0 Å². The van der Waals surface area contributed by atoms with Crippen LogP contribution in [-0.4, -0.2) is 24.3 Å². The van der Waals surface area contributed by atoms with E-state index in [-0.39, 0.29) is 10.6 Å². The zero-order chi connectivity index (χ0) is 14.6. The van der Waals surface area contributed by atoms with Gasteiger partial charge in [0.05, 0.1) is 9.82 Å². The molecule has 0 fully saturated rings. The Hall–Kier alpha value is -0.740. The fourth-order valence-corrected chi connectivity index (χ4v) is 3.07. The van der Waals surface area contributed by atoms with Crippen LogP contribution in [0.4, 0.5) is 5.69 Å². The van der Waals surface area contributed by atoms with Gasteiger partial charge in [0, 0.05) is 22.6 Å². The summed E-state index contributed by atoms with van der Waals surface area (Å²) in [7, 11) is -3.69. The molecular weight excluding hydrogens is 383 g/mol. The van der Waals surface area contributed by atoms with Gasteiger partial charge in [0.15, 0.2) is 0 Å². The molecule has 0 bridgehead atoms. The fourth-order valence-electron chi connectivity index (χ4n) is 1.51. The molecule has 0 radical (unpaired) electrons. The number of halogens is 1. The lowest BCUT2D eigenvalue weighted by molar-refractivity contribution is -0.385. The van der Waals surface area contributed by atoms with E-state index in [0.29, 0.717) is 24.1 Å². The van der Waals surface area contributed by atoms with Crippen LogP contribution < -0.4 is 4.72 Å². The van der Waals surface area contributed by atoms with Crippen molar-refractivity contribution in [3.63, 3.8) is 0 Å².